The Morgan fingerprint density at radius 3 is 2.89 bits per heavy atom. The molecular formula is C18H22N8O. The number of rotatable bonds is 5. The second kappa shape index (κ2) is 7.18. The summed E-state index contributed by atoms with van der Waals surface area (Å²) in [5.41, 5.74) is 7.96. The number of amides is 1. The maximum Gasteiger partial charge on any atom is 0.247 e. The van der Waals surface area contributed by atoms with Gasteiger partial charge in [0.25, 0.3) is 0 Å². The molecule has 1 aliphatic rings. The lowest BCUT2D eigenvalue weighted by atomic mass is 10.2. The molecule has 3 aromatic heterocycles. The lowest BCUT2D eigenvalue weighted by Crippen LogP contribution is -2.22. The number of hydrogen-bond donors (Lipinski definition) is 2. The second-order valence-electron chi connectivity index (χ2n) is 6.83. The number of nitrogen functional groups attached to an aromatic ring is 1. The SMILES string of the molecule is Cc1cc(-c2cnn(CC(=O)Nc3ccnn3C3CCCC3)c2)nc(N)n1. The number of anilines is 2. The molecule has 1 aliphatic carbocycles. The van der Waals surface area contributed by atoms with Gasteiger partial charge in [-0.3, -0.25) is 9.48 Å². The van der Waals surface area contributed by atoms with E-state index in [9.17, 15) is 4.79 Å². The van der Waals surface area contributed by atoms with Crippen molar-refractivity contribution in [2.24, 2.45) is 0 Å². The highest BCUT2D eigenvalue weighted by molar-refractivity contribution is 5.89. The molecule has 0 aliphatic heterocycles. The van der Waals surface area contributed by atoms with E-state index in [1.54, 1.807) is 23.3 Å². The average Bonchev–Trinajstić information content (AvgIpc) is 3.35. The van der Waals surface area contributed by atoms with Gasteiger partial charge in [-0.1, -0.05) is 12.8 Å². The summed E-state index contributed by atoms with van der Waals surface area (Å²) in [6, 6.07) is 4.04. The fraction of sp³-hybridized carbons (Fsp3) is 0.389. The van der Waals surface area contributed by atoms with Crippen LogP contribution in [-0.4, -0.2) is 35.4 Å². The van der Waals surface area contributed by atoms with Crippen LogP contribution < -0.4 is 11.1 Å². The Morgan fingerprint density at radius 1 is 1.30 bits per heavy atom. The van der Waals surface area contributed by atoms with Crippen molar-refractivity contribution in [3.8, 4) is 11.3 Å². The Morgan fingerprint density at radius 2 is 2.11 bits per heavy atom. The summed E-state index contributed by atoms with van der Waals surface area (Å²) in [6.07, 6.45) is 9.79. The van der Waals surface area contributed by atoms with Gasteiger partial charge in [-0.2, -0.15) is 10.2 Å². The zero-order valence-corrected chi connectivity index (χ0v) is 15.2. The molecule has 140 valence electrons. The number of aromatic nitrogens is 6. The van der Waals surface area contributed by atoms with E-state index in [0.29, 0.717) is 11.7 Å². The molecule has 1 saturated carbocycles. The summed E-state index contributed by atoms with van der Waals surface area (Å²) in [6.45, 7) is 1.96. The fourth-order valence-corrected chi connectivity index (χ4v) is 3.50. The van der Waals surface area contributed by atoms with Gasteiger partial charge in [0.1, 0.15) is 12.4 Å². The van der Waals surface area contributed by atoms with E-state index in [1.807, 2.05) is 23.7 Å². The van der Waals surface area contributed by atoms with Crippen LogP contribution in [0.3, 0.4) is 0 Å². The fourth-order valence-electron chi connectivity index (χ4n) is 3.50. The third-order valence-corrected chi connectivity index (χ3v) is 4.71. The first-order valence-corrected chi connectivity index (χ1v) is 9.06. The molecule has 0 bridgehead atoms. The van der Waals surface area contributed by atoms with Crippen LogP contribution in [0.25, 0.3) is 11.3 Å². The van der Waals surface area contributed by atoms with Crippen LogP contribution >= 0.6 is 0 Å². The zero-order chi connectivity index (χ0) is 18.8. The zero-order valence-electron chi connectivity index (χ0n) is 15.2. The van der Waals surface area contributed by atoms with E-state index >= 15 is 0 Å². The number of nitrogens with two attached hydrogens (primary N) is 1. The Balaban J connectivity index is 1.43. The van der Waals surface area contributed by atoms with Gasteiger partial charge in [-0.05, 0) is 25.8 Å². The topological polar surface area (TPSA) is 117 Å². The van der Waals surface area contributed by atoms with Crippen molar-refractivity contribution >= 4 is 17.7 Å². The van der Waals surface area contributed by atoms with Crippen LogP contribution in [0.5, 0.6) is 0 Å². The Bertz CT molecular complexity index is 934. The normalized spacial score (nSPS) is 14.6. The van der Waals surface area contributed by atoms with Crippen molar-refractivity contribution < 1.29 is 4.79 Å². The summed E-state index contributed by atoms with van der Waals surface area (Å²) in [5, 5.41) is 11.6. The van der Waals surface area contributed by atoms with Crippen molar-refractivity contribution in [3.05, 3.63) is 36.4 Å². The molecule has 9 nitrogen and oxygen atoms in total. The standard InChI is InChI=1S/C18H22N8O/c1-12-8-15(23-18(19)22-12)13-9-21-25(10-13)11-17(27)24-16-6-7-20-26(16)14-4-2-3-5-14/h6-10,14H,2-5,11H2,1H3,(H,24,27)(H2,19,22,23). The number of aryl methyl sites for hydroxylation is 1. The minimum Gasteiger partial charge on any atom is -0.368 e. The first-order chi connectivity index (χ1) is 13.1. The summed E-state index contributed by atoms with van der Waals surface area (Å²) >= 11 is 0. The molecule has 0 spiro atoms. The molecule has 3 N–H and O–H groups in total. The molecule has 1 fully saturated rings. The van der Waals surface area contributed by atoms with Gasteiger partial charge in [0.15, 0.2) is 0 Å². The quantitative estimate of drug-likeness (QED) is 0.715. The van der Waals surface area contributed by atoms with Gasteiger partial charge < -0.3 is 11.1 Å². The number of carbonyl (C=O) groups is 1. The second-order valence-corrected chi connectivity index (χ2v) is 6.83. The monoisotopic (exact) mass is 366 g/mol. The molecule has 4 rings (SSSR count). The average molecular weight is 366 g/mol. The van der Waals surface area contributed by atoms with E-state index in [-0.39, 0.29) is 18.4 Å². The third kappa shape index (κ3) is 3.81. The Labute approximate surface area is 156 Å². The van der Waals surface area contributed by atoms with Crippen LogP contribution in [0.15, 0.2) is 30.7 Å². The van der Waals surface area contributed by atoms with Crippen LogP contribution in [0.2, 0.25) is 0 Å². The lowest BCUT2D eigenvalue weighted by molar-refractivity contribution is -0.117. The highest BCUT2D eigenvalue weighted by Crippen LogP contribution is 2.31. The minimum atomic E-state index is -0.150. The molecule has 0 unspecified atom stereocenters. The molecule has 0 atom stereocenters. The predicted octanol–water partition coefficient (Wildman–Crippen LogP) is 2.18. The van der Waals surface area contributed by atoms with Crippen LogP contribution in [-0.2, 0) is 11.3 Å². The maximum absolute atomic E-state index is 12.4. The van der Waals surface area contributed by atoms with Crippen molar-refractivity contribution in [2.75, 3.05) is 11.1 Å². The van der Waals surface area contributed by atoms with Crippen molar-refractivity contribution in [1.82, 2.24) is 29.5 Å². The number of carbonyl (C=O) groups excluding carboxylic acids is 1. The molecule has 0 aromatic carbocycles. The number of nitrogens with one attached hydrogen (secondary N) is 1. The predicted molar refractivity (Wildman–Crippen MR) is 101 cm³/mol. The Kier molecular flexibility index (Phi) is 4.57. The molecule has 9 heteroatoms. The smallest absolute Gasteiger partial charge is 0.247 e. The van der Waals surface area contributed by atoms with Gasteiger partial charge in [0.05, 0.1) is 24.1 Å². The van der Waals surface area contributed by atoms with Crippen molar-refractivity contribution in [3.63, 3.8) is 0 Å². The first kappa shape index (κ1) is 17.2. The summed E-state index contributed by atoms with van der Waals surface area (Å²) in [7, 11) is 0. The molecule has 3 heterocycles. The molecule has 1 amide bonds. The van der Waals surface area contributed by atoms with Gasteiger partial charge in [0, 0.05) is 23.5 Å². The minimum absolute atomic E-state index is 0.107. The van der Waals surface area contributed by atoms with E-state index in [1.165, 1.54) is 12.8 Å². The van der Waals surface area contributed by atoms with Crippen LogP contribution in [0, 0.1) is 6.92 Å². The maximum atomic E-state index is 12.4. The van der Waals surface area contributed by atoms with Gasteiger partial charge in [-0.25, -0.2) is 14.6 Å². The molecule has 27 heavy (non-hydrogen) atoms. The molecular weight excluding hydrogens is 344 g/mol. The summed E-state index contributed by atoms with van der Waals surface area (Å²) < 4.78 is 3.50. The highest BCUT2D eigenvalue weighted by atomic mass is 16.2. The Hall–Kier alpha value is -3.23. The number of nitrogens with zero attached hydrogens (tertiary/aromatic N) is 6. The van der Waals surface area contributed by atoms with E-state index in [2.05, 4.69) is 25.5 Å². The highest BCUT2D eigenvalue weighted by Gasteiger charge is 2.20. The van der Waals surface area contributed by atoms with E-state index in [4.69, 9.17) is 5.73 Å². The van der Waals surface area contributed by atoms with Crippen molar-refractivity contribution in [1.29, 1.82) is 0 Å². The first-order valence-electron chi connectivity index (χ1n) is 9.06. The van der Waals surface area contributed by atoms with Gasteiger partial charge in [-0.15, -0.1) is 0 Å². The number of hydrogen-bond acceptors (Lipinski definition) is 6. The van der Waals surface area contributed by atoms with Crippen LogP contribution in [0.1, 0.15) is 37.4 Å². The summed E-state index contributed by atoms with van der Waals surface area (Å²) in [5.74, 6) is 0.803. The lowest BCUT2D eigenvalue weighted by Gasteiger charge is -2.14. The molecule has 3 aromatic rings. The van der Waals surface area contributed by atoms with E-state index in [0.717, 1.165) is 29.9 Å². The summed E-state index contributed by atoms with van der Waals surface area (Å²) in [4.78, 5) is 20.7. The molecule has 0 saturated heterocycles. The largest absolute Gasteiger partial charge is 0.368 e. The third-order valence-electron chi connectivity index (χ3n) is 4.71. The van der Waals surface area contributed by atoms with Crippen LogP contribution in [0.4, 0.5) is 11.8 Å². The van der Waals surface area contributed by atoms with Crippen molar-refractivity contribution in [2.45, 2.75) is 45.2 Å². The van der Waals surface area contributed by atoms with Gasteiger partial charge >= 0.3 is 0 Å². The van der Waals surface area contributed by atoms with Gasteiger partial charge in [0.2, 0.25) is 11.9 Å². The van der Waals surface area contributed by atoms with E-state index < -0.39 is 0 Å². The molecule has 0 radical (unpaired) electrons.